The van der Waals surface area contributed by atoms with Gasteiger partial charge in [-0.25, -0.2) is 0 Å². The van der Waals surface area contributed by atoms with E-state index in [0.29, 0.717) is 0 Å². The smallest absolute Gasteiger partial charge is 0.120 e. The molecule has 1 aliphatic rings. The Morgan fingerprint density at radius 3 is 2.36 bits per heavy atom. The average molecular weight is 188 g/mol. The first kappa shape index (κ1) is 9.32. The quantitative estimate of drug-likeness (QED) is 0.703. The molecule has 0 bridgehead atoms. The molecule has 1 heteroatoms. The summed E-state index contributed by atoms with van der Waals surface area (Å²) in [6.07, 6.45) is 5.49. The fraction of sp³-hybridized carbons (Fsp3) is 0.385. The molecule has 0 aromatic heterocycles. The lowest BCUT2D eigenvalue weighted by Gasteiger charge is -2.38. The first-order valence-corrected chi connectivity index (χ1v) is 5.13. The van der Waals surface area contributed by atoms with Crippen LogP contribution in [0.5, 0.6) is 5.75 Å². The summed E-state index contributed by atoms with van der Waals surface area (Å²) >= 11 is 0. The van der Waals surface area contributed by atoms with Gasteiger partial charge in [0, 0.05) is 0 Å². The normalized spacial score (nSPS) is 18.4. The van der Waals surface area contributed by atoms with Crippen molar-refractivity contribution >= 4 is 6.08 Å². The van der Waals surface area contributed by atoms with Gasteiger partial charge >= 0.3 is 0 Å². The molecule has 0 atom stereocenters. The summed E-state index contributed by atoms with van der Waals surface area (Å²) in [7, 11) is 0. The van der Waals surface area contributed by atoms with Gasteiger partial charge in [-0.2, -0.15) is 0 Å². The van der Waals surface area contributed by atoms with Crippen LogP contribution in [0, 0.1) is 0 Å². The van der Waals surface area contributed by atoms with Crippen LogP contribution in [0.25, 0.3) is 6.08 Å². The van der Waals surface area contributed by atoms with Gasteiger partial charge in [-0.1, -0.05) is 24.8 Å². The highest BCUT2D eigenvalue weighted by atomic mass is 16.5. The molecule has 1 aromatic rings. The zero-order valence-electron chi connectivity index (χ0n) is 8.62. The standard InChI is InChI=1S/C13H16O/c1-3-11-5-7-12(8-6-11)14-13(2)9-4-10-13/h3,5-8H,1,4,9-10H2,2H3. The Balaban J connectivity index is 2.06. The molecule has 0 unspecified atom stereocenters. The summed E-state index contributed by atoms with van der Waals surface area (Å²) < 4.78 is 5.90. The lowest BCUT2D eigenvalue weighted by molar-refractivity contribution is 0.0113. The highest BCUT2D eigenvalue weighted by Crippen LogP contribution is 2.35. The van der Waals surface area contributed by atoms with E-state index >= 15 is 0 Å². The molecule has 1 aromatic carbocycles. The maximum absolute atomic E-state index is 5.90. The molecule has 0 heterocycles. The van der Waals surface area contributed by atoms with Gasteiger partial charge in [0.05, 0.1) is 0 Å². The van der Waals surface area contributed by atoms with E-state index in [4.69, 9.17) is 4.74 Å². The van der Waals surface area contributed by atoms with Crippen molar-refractivity contribution in [3.63, 3.8) is 0 Å². The van der Waals surface area contributed by atoms with Gasteiger partial charge in [0.15, 0.2) is 0 Å². The van der Waals surface area contributed by atoms with Crippen LogP contribution in [0.4, 0.5) is 0 Å². The third kappa shape index (κ3) is 1.82. The number of hydrogen-bond donors (Lipinski definition) is 0. The van der Waals surface area contributed by atoms with Crippen molar-refractivity contribution in [2.45, 2.75) is 31.8 Å². The Morgan fingerprint density at radius 2 is 1.93 bits per heavy atom. The number of hydrogen-bond acceptors (Lipinski definition) is 1. The van der Waals surface area contributed by atoms with Gasteiger partial charge in [-0.05, 0) is 43.9 Å². The predicted octanol–water partition coefficient (Wildman–Crippen LogP) is 3.65. The van der Waals surface area contributed by atoms with Crippen molar-refractivity contribution < 1.29 is 4.74 Å². The van der Waals surface area contributed by atoms with Crippen molar-refractivity contribution in [1.29, 1.82) is 0 Å². The molecular weight excluding hydrogens is 172 g/mol. The van der Waals surface area contributed by atoms with Crippen LogP contribution >= 0.6 is 0 Å². The van der Waals surface area contributed by atoms with Gasteiger partial charge < -0.3 is 4.74 Å². The number of benzene rings is 1. The molecule has 14 heavy (non-hydrogen) atoms. The van der Waals surface area contributed by atoms with Crippen molar-refractivity contribution in [3.05, 3.63) is 36.4 Å². The fourth-order valence-corrected chi connectivity index (χ4v) is 1.73. The minimum atomic E-state index is 0.0930. The van der Waals surface area contributed by atoms with Crippen LogP contribution in [-0.2, 0) is 0 Å². The van der Waals surface area contributed by atoms with Gasteiger partial charge in [-0.3, -0.25) is 0 Å². The number of ether oxygens (including phenoxy) is 1. The van der Waals surface area contributed by atoms with E-state index in [1.54, 1.807) is 0 Å². The van der Waals surface area contributed by atoms with Crippen LogP contribution in [0.2, 0.25) is 0 Å². The third-order valence-corrected chi connectivity index (χ3v) is 2.89. The Morgan fingerprint density at radius 1 is 1.29 bits per heavy atom. The Kier molecular flexibility index (Phi) is 2.32. The molecule has 1 fully saturated rings. The molecule has 0 spiro atoms. The summed E-state index contributed by atoms with van der Waals surface area (Å²) in [5.74, 6) is 0.970. The topological polar surface area (TPSA) is 9.23 Å². The third-order valence-electron chi connectivity index (χ3n) is 2.89. The molecular formula is C13H16O. The summed E-state index contributed by atoms with van der Waals surface area (Å²) in [4.78, 5) is 0. The van der Waals surface area contributed by atoms with Gasteiger partial charge in [0.1, 0.15) is 11.4 Å². The van der Waals surface area contributed by atoms with E-state index in [9.17, 15) is 0 Å². The highest BCUT2D eigenvalue weighted by Gasteiger charge is 2.33. The molecule has 1 nitrogen and oxygen atoms in total. The monoisotopic (exact) mass is 188 g/mol. The SMILES string of the molecule is C=Cc1ccc(OC2(C)CCC2)cc1. The van der Waals surface area contributed by atoms with E-state index in [2.05, 4.69) is 13.5 Å². The molecule has 0 radical (unpaired) electrons. The Hall–Kier alpha value is -1.24. The summed E-state index contributed by atoms with van der Waals surface area (Å²) in [5.41, 5.74) is 1.23. The zero-order chi connectivity index (χ0) is 10.0. The lowest BCUT2D eigenvalue weighted by Crippen LogP contribution is -2.39. The van der Waals surface area contributed by atoms with E-state index in [1.165, 1.54) is 19.3 Å². The second-order valence-electron chi connectivity index (χ2n) is 4.18. The van der Waals surface area contributed by atoms with Crippen molar-refractivity contribution in [1.82, 2.24) is 0 Å². The first-order valence-electron chi connectivity index (χ1n) is 5.13. The van der Waals surface area contributed by atoms with E-state index < -0.39 is 0 Å². The molecule has 2 rings (SSSR count). The maximum Gasteiger partial charge on any atom is 0.120 e. The van der Waals surface area contributed by atoms with Gasteiger partial charge in [0.2, 0.25) is 0 Å². The zero-order valence-corrected chi connectivity index (χ0v) is 8.62. The van der Waals surface area contributed by atoms with Gasteiger partial charge in [-0.15, -0.1) is 0 Å². The molecule has 0 amide bonds. The van der Waals surface area contributed by atoms with Gasteiger partial charge in [0.25, 0.3) is 0 Å². The van der Waals surface area contributed by atoms with Crippen molar-refractivity contribution in [2.75, 3.05) is 0 Å². The summed E-state index contributed by atoms with van der Waals surface area (Å²) in [5, 5.41) is 0. The van der Waals surface area contributed by atoms with E-state index in [1.807, 2.05) is 30.3 Å². The minimum absolute atomic E-state index is 0.0930. The van der Waals surface area contributed by atoms with E-state index in [0.717, 1.165) is 11.3 Å². The Bertz CT molecular complexity index is 320. The second kappa shape index (κ2) is 3.49. The first-order chi connectivity index (χ1) is 6.72. The van der Waals surface area contributed by atoms with Crippen molar-refractivity contribution in [3.8, 4) is 5.75 Å². The predicted molar refractivity (Wildman–Crippen MR) is 59.4 cm³/mol. The maximum atomic E-state index is 5.90. The van der Waals surface area contributed by atoms with Crippen molar-refractivity contribution in [2.24, 2.45) is 0 Å². The van der Waals surface area contributed by atoms with E-state index in [-0.39, 0.29) is 5.60 Å². The largest absolute Gasteiger partial charge is 0.488 e. The average Bonchev–Trinajstić information content (AvgIpc) is 2.17. The minimum Gasteiger partial charge on any atom is -0.488 e. The highest BCUT2D eigenvalue weighted by molar-refractivity contribution is 5.48. The molecule has 0 aliphatic heterocycles. The van der Waals surface area contributed by atoms with Crippen LogP contribution in [0.1, 0.15) is 31.7 Å². The summed E-state index contributed by atoms with van der Waals surface area (Å²) in [6.45, 7) is 5.90. The molecule has 1 saturated carbocycles. The second-order valence-corrected chi connectivity index (χ2v) is 4.18. The molecule has 0 saturated heterocycles. The van der Waals surface area contributed by atoms with Crippen LogP contribution in [0.15, 0.2) is 30.8 Å². The summed E-state index contributed by atoms with van der Waals surface area (Å²) in [6, 6.07) is 8.09. The van der Waals surface area contributed by atoms with Crippen LogP contribution in [-0.4, -0.2) is 5.60 Å². The fourth-order valence-electron chi connectivity index (χ4n) is 1.73. The molecule has 1 aliphatic carbocycles. The number of rotatable bonds is 3. The Labute approximate surface area is 85.4 Å². The molecule has 74 valence electrons. The van der Waals surface area contributed by atoms with Crippen LogP contribution in [0.3, 0.4) is 0 Å². The lowest BCUT2D eigenvalue weighted by atomic mass is 9.82. The molecule has 0 N–H and O–H groups in total. The van der Waals surface area contributed by atoms with Crippen LogP contribution < -0.4 is 4.74 Å².